The number of fused-ring (bicyclic) bond motifs is 2. The maximum absolute atomic E-state index is 11.5. The van der Waals surface area contributed by atoms with Crippen LogP contribution in [0, 0.1) is 10.1 Å². The highest BCUT2D eigenvalue weighted by Gasteiger charge is 2.24. The quantitative estimate of drug-likeness (QED) is 0.192. The maximum atomic E-state index is 11.5. The standard InChI is InChI=1S/C27H21BrN2O3/c28-25-14-19(24(16-30(31)32)23-15-29-26-11-4-3-10-22(23)26)12-13-27(25)33-17-20-8-5-7-18-6-1-2-9-21(18)20/h1-15,24,29H,16-17H2/t24-/m0/s1. The van der Waals surface area contributed by atoms with Crippen LogP contribution in [0.25, 0.3) is 21.7 Å². The largest absolute Gasteiger partial charge is 0.488 e. The summed E-state index contributed by atoms with van der Waals surface area (Å²) < 4.78 is 6.89. The van der Waals surface area contributed by atoms with Crippen LogP contribution in [-0.4, -0.2) is 16.5 Å². The minimum absolute atomic E-state index is 0.190. The van der Waals surface area contributed by atoms with Crippen LogP contribution in [0.15, 0.2) is 95.6 Å². The van der Waals surface area contributed by atoms with E-state index in [2.05, 4.69) is 45.2 Å². The van der Waals surface area contributed by atoms with Crippen molar-refractivity contribution in [1.82, 2.24) is 4.98 Å². The summed E-state index contributed by atoms with van der Waals surface area (Å²) in [6.07, 6.45) is 1.87. The first-order valence-electron chi connectivity index (χ1n) is 10.7. The van der Waals surface area contributed by atoms with E-state index in [4.69, 9.17) is 4.74 Å². The number of nitrogens with one attached hydrogen (secondary N) is 1. The molecular weight excluding hydrogens is 480 g/mol. The van der Waals surface area contributed by atoms with E-state index in [9.17, 15) is 10.1 Å². The maximum Gasteiger partial charge on any atom is 0.214 e. The van der Waals surface area contributed by atoms with Crippen molar-refractivity contribution in [1.29, 1.82) is 0 Å². The van der Waals surface area contributed by atoms with E-state index in [1.54, 1.807) is 0 Å². The van der Waals surface area contributed by atoms with Gasteiger partial charge < -0.3 is 9.72 Å². The highest BCUT2D eigenvalue weighted by molar-refractivity contribution is 9.10. The average Bonchev–Trinajstić information content (AvgIpc) is 3.25. The third-order valence-electron chi connectivity index (χ3n) is 5.95. The molecule has 0 bridgehead atoms. The van der Waals surface area contributed by atoms with Crippen molar-refractivity contribution in [3.8, 4) is 5.75 Å². The van der Waals surface area contributed by atoms with Gasteiger partial charge in [-0.2, -0.15) is 0 Å². The summed E-state index contributed by atoms with van der Waals surface area (Å²) in [6.45, 7) is 0.241. The van der Waals surface area contributed by atoms with Gasteiger partial charge in [0.1, 0.15) is 12.4 Å². The van der Waals surface area contributed by atoms with Crippen molar-refractivity contribution >= 4 is 37.6 Å². The van der Waals surface area contributed by atoms with Crippen LogP contribution in [-0.2, 0) is 6.61 Å². The second-order valence-corrected chi connectivity index (χ2v) is 8.83. The molecule has 6 heteroatoms. The van der Waals surface area contributed by atoms with Gasteiger partial charge >= 0.3 is 0 Å². The molecule has 5 nitrogen and oxygen atoms in total. The van der Waals surface area contributed by atoms with Gasteiger partial charge in [-0.25, -0.2) is 0 Å². The van der Waals surface area contributed by atoms with Gasteiger partial charge in [-0.05, 0) is 61.6 Å². The molecule has 0 aliphatic heterocycles. The predicted octanol–water partition coefficient (Wildman–Crippen LogP) is 7.07. The molecule has 0 fully saturated rings. The summed E-state index contributed by atoms with van der Waals surface area (Å²) in [5.74, 6) is 0.324. The van der Waals surface area contributed by atoms with Crippen molar-refractivity contribution < 1.29 is 9.66 Å². The van der Waals surface area contributed by atoms with E-state index in [-0.39, 0.29) is 17.4 Å². The van der Waals surface area contributed by atoms with Crippen LogP contribution in [0.2, 0.25) is 0 Å². The summed E-state index contributed by atoms with van der Waals surface area (Å²) >= 11 is 3.62. The molecule has 1 aromatic heterocycles. The first kappa shape index (κ1) is 21.2. The summed E-state index contributed by atoms with van der Waals surface area (Å²) in [4.78, 5) is 14.5. The monoisotopic (exact) mass is 500 g/mol. The normalized spacial score (nSPS) is 12.2. The lowest BCUT2D eigenvalue weighted by molar-refractivity contribution is -0.481. The van der Waals surface area contributed by atoms with E-state index >= 15 is 0 Å². The Hall–Kier alpha value is -3.64. The van der Waals surface area contributed by atoms with Gasteiger partial charge in [0.2, 0.25) is 6.54 Å². The average molecular weight is 501 g/mol. The minimum atomic E-state index is -0.375. The van der Waals surface area contributed by atoms with Crippen LogP contribution in [0.3, 0.4) is 0 Å². The van der Waals surface area contributed by atoms with Gasteiger partial charge in [-0.15, -0.1) is 0 Å². The van der Waals surface area contributed by atoms with Crippen molar-refractivity contribution in [3.63, 3.8) is 0 Å². The molecule has 0 saturated heterocycles. The summed E-state index contributed by atoms with van der Waals surface area (Å²) in [6, 6.07) is 28.0. The first-order valence-corrected chi connectivity index (χ1v) is 11.5. The van der Waals surface area contributed by atoms with Crippen molar-refractivity contribution in [3.05, 3.63) is 122 Å². The second-order valence-electron chi connectivity index (χ2n) is 7.97. The Morgan fingerprint density at radius 2 is 1.70 bits per heavy atom. The lowest BCUT2D eigenvalue weighted by Gasteiger charge is -2.16. The number of rotatable bonds is 7. The number of aromatic amines is 1. The zero-order valence-corrected chi connectivity index (χ0v) is 19.3. The van der Waals surface area contributed by atoms with Crippen LogP contribution in [0.4, 0.5) is 0 Å². The van der Waals surface area contributed by atoms with E-state index < -0.39 is 0 Å². The number of aromatic nitrogens is 1. The van der Waals surface area contributed by atoms with E-state index in [1.165, 1.54) is 5.39 Å². The van der Waals surface area contributed by atoms with E-state index in [0.717, 1.165) is 37.5 Å². The molecule has 164 valence electrons. The zero-order valence-electron chi connectivity index (χ0n) is 17.7. The topological polar surface area (TPSA) is 68.2 Å². The number of benzene rings is 4. The molecule has 0 radical (unpaired) electrons. The zero-order chi connectivity index (χ0) is 22.8. The number of nitrogens with zero attached hydrogens (tertiary/aromatic N) is 1. The fourth-order valence-electron chi connectivity index (χ4n) is 4.34. The van der Waals surface area contributed by atoms with Crippen molar-refractivity contribution in [2.45, 2.75) is 12.5 Å². The van der Waals surface area contributed by atoms with Crippen LogP contribution < -0.4 is 4.74 Å². The first-order chi connectivity index (χ1) is 16.1. The fraction of sp³-hybridized carbons (Fsp3) is 0.111. The molecule has 33 heavy (non-hydrogen) atoms. The number of hydrogen-bond acceptors (Lipinski definition) is 3. The molecule has 0 aliphatic rings. The van der Waals surface area contributed by atoms with Gasteiger partial charge in [0.15, 0.2) is 0 Å². The number of ether oxygens (including phenoxy) is 1. The Kier molecular flexibility index (Phi) is 5.84. The van der Waals surface area contributed by atoms with Crippen molar-refractivity contribution in [2.75, 3.05) is 6.54 Å². The number of nitro groups is 1. The molecular formula is C27H21BrN2O3. The third-order valence-corrected chi connectivity index (χ3v) is 6.57. The highest BCUT2D eigenvalue weighted by atomic mass is 79.9. The van der Waals surface area contributed by atoms with Gasteiger partial charge in [0.05, 0.1) is 10.4 Å². The van der Waals surface area contributed by atoms with Gasteiger partial charge in [0.25, 0.3) is 0 Å². The molecule has 0 saturated carbocycles. The smallest absolute Gasteiger partial charge is 0.214 e. The summed E-state index contributed by atoms with van der Waals surface area (Å²) in [7, 11) is 0. The molecule has 5 aromatic rings. The molecule has 0 spiro atoms. The molecule has 1 N–H and O–H groups in total. The molecule has 0 aliphatic carbocycles. The fourth-order valence-corrected chi connectivity index (χ4v) is 4.85. The molecule has 4 aromatic carbocycles. The SMILES string of the molecule is O=[N+]([O-])C[C@@H](c1ccc(OCc2cccc3ccccc23)c(Br)c1)c1c[nH]c2ccccc12. The molecule has 1 atom stereocenters. The minimum Gasteiger partial charge on any atom is -0.488 e. The summed E-state index contributed by atoms with van der Waals surface area (Å²) in [5.41, 5.74) is 3.85. The molecule has 0 unspecified atom stereocenters. The van der Waals surface area contributed by atoms with E-state index in [1.807, 2.05) is 66.9 Å². The lowest BCUT2D eigenvalue weighted by atomic mass is 9.91. The molecule has 5 rings (SSSR count). The van der Waals surface area contributed by atoms with Crippen molar-refractivity contribution in [2.24, 2.45) is 0 Å². The van der Waals surface area contributed by atoms with Gasteiger partial charge in [-0.1, -0.05) is 66.7 Å². The Bertz CT molecular complexity index is 1460. The predicted molar refractivity (Wildman–Crippen MR) is 134 cm³/mol. The number of hydrogen-bond donors (Lipinski definition) is 1. The number of para-hydroxylation sites is 1. The Balaban J connectivity index is 1.43. The Morgan fingerprint density at radius 1 is 0.939 bits per heavy atom. The van der Waals surface area contributed by atoms with Gasteiger partial charge in [-0.3, -0.25) is 10.1 Å². The molecule has 0 amide bonds. The van der Waals surface area contributed by atoms with Crippen LogP contribution >= 0.6 is 15.9 Å². The highest BCUT2D eigenvalue weighted by Crippen LogP contribution is 2.35. The lowest BCUT2D eigenvalue weighted by Crippen LogP contribution is -2.14. The molecule has 1 heterocycles. The Morgan fingerprint density at radius 3 is 2.52 bits per heavy atom. The van der Waals surface area contributed by atoms with Gasteiger partial charge in [0, 0.05) is 22.0 Å². The summed E-state index contributed by atoms with van der Waals surface area (Å²) in [5, 5.41) is 14.8. The Labute approximate surface area is 199 Å². The van der Waals surface area contributed by atoms with E-state index in [0.29, 0.717) is 12.4 Å². The second kappa shape index (κ2) is 9.08. The number of halogens is 1. The van der Waals surface area contributed by atoms with Crippen LogP contribution in [0.5, 0.6) is 5.75 Å². The third kappa shape index (κ3) is 4.34. The number of H-pyrrole nitrogens is 1. The van der Waals surface area contributed by atoms with Crippen LogP contribution in [0.1, 0.15) is 22.6 Å².